The molecule has 0 radical (unpaired) electrons. The Morgan fingerprint density at radius 1 is 0.875 bits per heavy atom. The first-order valence-electron chi connectivity index (χ1n) is 10.3. The molecule has 0 amide bonds. The topological polar surface area (TPSA) is 52.6 Å². The molecule has 3 aromatic carbocycles. The van der Waals surface area contributed by atoms with Crippen molar-refractivity contribution in [3.63, 3.8) is 0 Å². The summed E-state index contributed by atoms with van der Waals surface area (Å²) in [6.45, 7) is 0. The molecular weight excluding hydrogens is 421 g/mol. The van der Waals surface area contributed by atoms with Gasteiger partial charge < -0.3 is 9.47 Å². The number of hydrogen-bond acceptors (Lipinski definition) is 4. The van der Waals surface area contributed by atoms with Gasteiger partial charge in [-0.25, -0.2) is 4.79 Å². The molecule has 0 bridgehead atoms. The highest BCUT2D eigenvalue weighted by Crippen LogP contribution is 2.40. The van der Waals surface area contributed by atoms with Crippen LogP contribution in [0.4, 0.5) is 13.2 Å². The number of alkyl halides is 3. The average Bonchev–Trinajstić information content (AvgIpc) is 2.78. The van der Waals surface area contributed by atoms with E-state index in [4.69, 9.17) is 9.47 Å². The number of rotatable bonds is 5. The lowest BCUT2D eigenvalue weighted by atomic mass is 9.88. The second-order valence-corrected chi connectivity index (χ2v) is 7.79. The minimum atomic E-state index is -4.53. The van der Waals surface area contributed by atoms with Gasteiger partial charge in [0.15, 0.2) is 5.78 Å². The summed E-state index contributed by atoms with van der Waals surface area (Å²) >= 11 is 0. The molecule has 1 aliphatic heterocycles. The van der Waals surface area contributed by atoms with Crippen LogP contribution < -0.4 is 0 Å². The minimum absolute atomic E-state index is 0.0938. The normalized spacial score (nSPS) is 21.3. The predicted molar refractivity (Wildman–Crippen MR) is 112 cm³/mol. The van der Waals surface area contributed by atoms with Crippen LogP contribution in [0.2, 0.25) is 0 Å². The van der Waals surface area contributed by atoms with Gasteiger partial charge in [-0.15, -0.1) is 0 Å². The van der Waals surface area contributed by atoms with E-state index in [1.165, 1.54) is 0 Å². The van der Waals surface area contributed by atoms with Gasteiger partial charge in [-0.1, -0.05) is 54.6 Å². The van der Waals surface area contributed by atoms with Crippen molar-refractivity contribution in [3.8, 4) is 0 Å². The summed E-state index contributed by atoms with van der Waals surface area (Å²) in [5.74, 6) is -2.94. The smallest absolute Gasteiger partial charge is 0.394 e. The monoisotopic (exact) mass is 442 g/mol. The van der Waals surface area contributed by atoms with Gasteiger partial charge in [0, 0.05) is 18.4 Å². The lowest BCUT2D eigenvalue weighted by Gasteiger charge is -2.36. The van der Waals surface area contributed by atoms with Gasteiger partial charge in [-0.3, -0.25) is 4.79 Å². The summed E-state index contributed by atoms with van der Waals surface area (Å²) in [6.07, 6.45) is -7.94. The first-order chi connectivity index (χ1) is 15.3. The molecule has 1 heterocycles. The molecule has 166 valence electrons. The van der Waals surface area contributed by atoms with Gasteiger partial charge in [0.25, 0.3) is 0 Å². The summed E-state index contributed by atoms with van der Waals surface area (Å²) in [5.41, 5.74) is 0.592. The van der Waals surface area contributed by atoms with E-state index in [1.54, 1.807) is 48.5 Å². The Hall–Kier alpha value is -3.19. The van der Waals surface area contributed by atoms with E-state index in [9.17, 15) is 22.8 Å². The standard InChI is InChI=1S/C25H21F3O4/c26-25(27,28)20-12-13-23(32-24(30)17-7-2-1-3-8-17)31-22(20)15-21(29)19-11-10-16-6-4-5-9-18(16)14-19/h1-11,14,20,22-23H,12-13,15H2. The van der Waals surface area contributed by atoms with Gasteiger partial charge in [-0.05, 0) is 35.4 Å². The van der Waals surface area contributed by atoms with Crippen molar-refractivity contribution >= 4 is 22.5 Å². The van der Waals surface area contributed by atoms with Crippen LogP contribution in [0, 0.1) is 5.92 Å². The van der Waals surface area contributed by atoms with E-state index in [-0.39, 0.29) is 18.4 Å². The molecule has 3 unspecified atom stereocenters. The Balaban J connectivity index is 1.49. The number of ether oxygens (including phenoxy) is 2. The molecule has 0 N–H and O–H groups in total. The van der Waals surface area contributed by atoms with E-state index in [2.05, 4.69) is 0 Å². The van der Waals surface area contributed by atoms with Gasteiger partial charge in [0.05, 0.1) is 17.6 Å². The number of carbonyl (C=O) groups excluding carboxylic acids is 2. The Bertz CT molecular complexity index is 1110. The molecule has 32 heavy (non-hydrogen) atoms. The maximum absolute atomic E-state index is 13.6. The second-order valence-electron chi connectivity index (χ2n) is 7.79. The van der Waals surface area contributed by atoms with Crippen LogP contribution in [0.15, 0.2) is 72.8 Å². The number of carbonyl (C=O) groups is 2. The van der Waals surface area contributed by atoms with Crippen molar-refractivity contribution in [1.82, 2.24) is 0 Å². The van der Waals surface area contributed by atoms with Crippen LogP contribution in [0.3, 0.4) is 0 Å². The molecule has 1 fully saturated rings. The van der Waals surface area contributed by atoms with Crippen LogP contribution in [0.25, 0.3) is 10.8 Å². The second kappa shape index (κ2) is 9.12. The maximum atomic E-state index is 13.6. The largest absolute Gasteiger partial charge is 0.432 e. The Labute approximate surface area is 182 Å². The number of hydrogen-bond donors (Lipinski definition) is 0. The molecule has 0 aromatic heterocycles. The molecule has 1 saturated heterocycles. The van der Waals surface area contributed by atoms with E-state index in [0.29, 0.717) is 5.56 Å². The number of benzene rings is 3. The predicted octanol–water partition coefficient (Wildman–Crippen LogP) is 5.95. The fraction of sp³-hybridized carbons (Fsp3) is 0.280. The molecule has 0 saturated carbocycles. The lowest BCUT2D eigenvalue weighted by molar-refractivity contribution is -0.259. The number of Topliss-reactive ketones (excluding diaryl/α,β-unsaturated/α-hetero) is 1. The summed E-state index contributed by atoms with van der Waals surface area (Å²) in [6, 6.07) is 20.6. The zero-order chi connectivity index (χ0) is 22.7. The van der Waals surface area contributed by atoms with Crippen molar-refractivity contribution in [2.24, 2.45) is 5.92 Å². The van der Waals surface area contributed by atoms with Crippen LogP contribution in [0.5, 0.6) is 0 Å². The highest BCUT2D eigenvalue weighted by Gasteiger charge is 2.49. The molecule has 4 rings (SSSR count). The fourth-order valence-electron chi connectivity index (χ4n) is 3.94. The van der Waals surface area contributed by atoms with Gasteiger partial charge >= 0.3 is 12.1 Å². The molecule has 4 nitrogen and oxygen atoms in total. The van der Waals surface area contributed by atoms with E-state index < -0.39 is 42.7 Å². The van der Waals surface area contributed by atoms with E-state index in [0.717, 1.165) is 10.8 Å². The van der Waals surface area contributed by atoms with E-state index in [1.807, 2.05) is 24.3 Å². The van der Waals surface area contributed by atoms with Crippen LogP contribution in [-0.2, 0) is 9.47 Å². The third kappa shape index (κ3) is 4.99. The number of esters is 1. The van der Waals surface area contributed by atoms with Crippen LogP contribution >= 0.6 is 0 Å². The Morgan fingerprint density at radius 3 is 2.28 bits per heavy atom. The van der Waals surface area contributed by atoms with Gasteiger partial charge in [0.2, 0.25) is 6.29 Å². The molecule has 0 aliphatic carbocycles. The van der Waals surface area contributed by atoms with Crippen molar-refractivity contribution in [2.45, 2.75) is 37.8 Å². The summed E-state index contributed by atoms with van der Waals surface area (Å²) in [4.78, 5) is 25.1. The molecule has 3 atom stereocenters. The summed E-state index contributed by atoms with van der Waals surface area (Å²) < 4.78 is 51.6. The van der Waals surface area contributed by atoms with Crippen molar-refractivity contribution in [3.05, 3.63) is 83.9 Å². The Kier molecular flexibility index (Phi) is 6.28. The highest BCUT2D eigenvalue weighted by molar-refractivity contribution is 6.00. The minimum Gasteiger partial charge on any atom is -0.432 e. The zero-order valence-corrected chi connectivity index (χ0v) is 17.0. The van der Waals surface area contributed by atoms with Crippen molar-refractivity contribution < 1.29 is 32.2 Å². The SMILES string of the molecule is O=C(CC1OC(OC(=O)c2ccccc2)CCC1C(F)(F)F)c1ccc2ccccc2c1. The van der Waals surface area contributed by atoms with Gasteiger partial charge in [-0.2, -0.15) is 13.2 Å². The third-order valence-corrected chi connectivity index (χ3v) is 5.62. The number of halogens is 3. The highest BCUT2D eigenvalue weighted by atomic mass is 19.4. The first kappa shape index (κ1) is 22.0. The zero-order valence-electron chi connectivity index (χ0n) is 17.0. The van der Waals surface area contributed by atoms with E-state index >= 15 is 0 Å². The molecule has 1 aliphatic rings. The van der Waals surface area contributed by atoms with Crippen LogP contribution in [0.1, 0.15) is 40.0 Å². The lowest BCUT2D eigenvalue weighted by Crippen LogP contribution is -2.45. The van der Waals surface area contributed by atoms with Gasteiger partial charge in [0.1, 0.15) is 0 Å². The van der Waals surface area contributed by atoms with Crippen molar-refractivity contribution in [1.29, 1.82) is 0 Å². The molecule has 0 spiro atoms. The molecule has 3 aromatic rings. The maximum Gasteiger partial charge on any atom is 0.394 e. The summed E-state index contributed by atoms with van der Waals surface area (Å²) in [7, 11) is 0. The third-order valence-electron chi connectivity index (χ3n) is 5.62. The molecular formula is C25H21F3O4. The Morgan fingerprint density at radius 2 is 1.56 bits per heavy atom. The average molecular weight is 442 g/mol. The number of fused-ring (bicyclic) bond motifs is 1. The first-order valence-corrected chi connectivity index (χ1v) is 10.3. The van der Waals surface area contributed by atoms with Crippen molar-refractivity contribution in [2.75, 3.05) is 0 Å². The van der Waals surface area contributed by atoms with Crippen LogP contribution in [-0.4, -0.2) is 30.3 Å². The summed E-state index contributed by atoms with van der Waals surface area (Å²) in [5, 5.41) is 1.75. The number of ketones is 1. The quantitative estimate of drug-likeness (QED) is 0.362. The fourth-order valence-corrected chi connectivity index (χ4v) is 3.94. The molecule has 7 heteroatoms.